The Morgan fingerprint density at radius 2 is 1.57 bits per heavy atom. The molecule has 1 saturated heterocycles. The Hall–Kier alpha value is -2.04. The van der Waals surface area contributed by atoms with Crippen molar-refractivity contribution in [2.75, 3.05) is 6.54 Å². The number of hydrogen-bond acceptors (Lipinski definition) is 4. The van der Waals surface area contributed by atoms with E-state index in [4.69, 9.17) is 9.47 Å². The largest absolute Gasteiger partial charge is 0.459 e. The molecular weight excluding hydrogens is 378 g/mol. The average molecular weight is 416 g/mol. The van der Waals surface area contributed by atoms with Crippen LogP contribution in [0.25, 0.3) is 0 Å². The number of likely N-dealkylation sites (tertiary alicyclic amines) is 1. The first-order valence-electron chi connectivity index (χ1n) is 11.2. The number of amides is 1. The van der Waals surface area contributed by atoms with Crippen LogP contribution in [0.3, 0.4) is 0 Å². The van der Waals surface area contributed by atoms with Gasteiger partial charge in [-0.2, -0.15) is 0 Å². The second-order valence-corrected chi connectivity index (χ2v) is 10.7. The number of piperidine rings is 1. The molecule has 0 unspecified atom stereocenters. The van der Waals surface area contributed by atoms with E-state index in [9.17, 15) is 9.59 Å². The van der Waals surface area contributed by atoms with Crippen molar-refractivity contribution in [2.24, 2.45) is 5.41 Å². The number of hydrogen-bond donors (Lipinski definition) is 0. The third-order valence-electron chi connectivity index (χ3n) is 6.16. The summed E-state index contributed by atoms with van der Waals surface area (Å²) in [4.78, 5) is 28.7. The molecule has 0 bridgehead atoms. The highest BCUT2D eigenvalue weighted by Gasteiger charge is 2.59. The molecule has 1 amide bonds. The van der Waals surface area contributed by atoms with Gasteiger partial charge in [-0.1, -0.05) is 36.8 Å². The lowest BCUT2D eigenvalue weighted by Gasteiger charge is -2.55. The molecule has 166 valence electrons. The molecule has 3 atom stereocenters. The first-order chi connectivity index (χ1) is 13.9. The van der Waals surface area contributed by atoms with Crippen molar-refractivity contribution in [3.8, 4) is 0 Å². The Kier molecular flexibility index (Phi) is 6.22. The van der Waals surface area contributed by atoms with Crippen LogP contribution in [-0.2, 0) is 14.3 Å². The molecule has 1 aliphatic heterocycles. The summed E-state index contributed by atoms with van der Waals surface area (Å²) in [7, 11) is 0. The zero-order chi connectivity index (χ0) is 22.2. The van der Waals surface area contributed by atoms with E-state index in [1.807, 2.05) is 64.6 Å². The van der Waals surface area contributed by atoms with E-state index in [-0.39, 0.29) is 24.0 Å². The van der Waals surface area contributed by atoms with Crippen molar-refractivity contribution < 1.29 is 19.1 Å². The molecule has 0 spiro atoms. The predicted molar refractivity (Wildman–Crippen MR) is 117 cm³/mol. The molecule has 30 heavy (non-hydrogen) atoms. The van der Waals surface area contributed by atoms with Crippen LogP contribution in [0, 0.1) is 5.41 Å². The predicted octanol–water partition coefficient (Wildman–Crippen LogP) is 5.68. The fourth-order valence-electron chi connectivity index (χ4n) is 5.18. The third kappa shape index (κ3) is 4.65. The molecule has 1 heterocycles. The van der Waals surface area contributed by atoms with Gasteiger partial charge in [0.2, 0.25) is 0 Å². The number of benzene rings is 1. The van der Waals surface area contributed by atoms with Gasteiger partial charge in [0.15, 0.2) is 0 Å². The molecule has 0 aromatic heterocycles. The minimum atomic E-state index is -0.748. The van der Waals surface area contributed by atoms with Gasteiger partial charge < -0.3 is 14.4 Å². The number of carbonyl (C=O) groups is 2. The zero-order valence-electron chi connectivity index (χ0n) is 19.4. The number of ether oxygens (including phenoxy) is 2. The molecule has 2 aliphatic rings. The SMILES string of the molecule is CC(C)(C)OC(=O)N1CCC[C@]2(C(=O)OC(C)(C)C)[C@H](c3ccccc3)CCC[C@@H]12. The van der Waals surface area contributed by atoms with Crippen molar-refractivity contribution in [2.45, 2.75) is 96.8 Å². The van der Waals surface area contributed by atoms with Gasteiger partial charge in [-0.05, 0) is 72.8 Å². The quantitative estimate of drug-likeness (QED) is 0.583. The third-order valence-corrected chi connectivity index (χ3v) is 6.16. The second kappa shape index (κ2) is 8.24. The van der Waals surface area contributed by atoms with Crippen LogP contribution in [0.15, 0.2) is 30.3 Å². The summed E-state index contributed by atoms with van der Waals surface area (Å²) in [6.07, 6.45) is 3.84. The van der Waals surface area contributed by atoms with Gasteiger partial charge in [-0.25, -0.2) is 4.79 Å². The van der Waals surface area contributed by atoms with Crippen LogP contribution < -0.4 is 0 Å². The number of carbonyl (C=O) groups excluding carboxylic acids is 2. The molecular formula is C25H37NO4. The molecule has 2 fully saturated rings. The Morgan fingerprint density at radius 3 is 2.17 bits per heavy atom. The number of rotatable bonds is 2. The Bertz CT molecular complexity index is 762. The average Bonchev–Trinajstić information content (AvgIpc) is 2.64. The lowest BCUT2D eigenvalue weighted by molar-refractivity contribution is -0.181. The van der Waals surface area contributed by atoms with E-state index in [2.05, 4.69) is 12.1 Å². The summed E-state index contributed by atoms with van der Waals surface area (Å²) in [5.41, 5.74) is -0.749. The summed E-state index contributed by atoms with van der Waals surface area (Å²) < 4.78 is 11.7. The maximum atomic E-state index is 13.8. The molecule has 5 nitrogen and oxygen atoms in total. The molecule has 0 N–H and O–H groups in total. The van der Waals surface area contributed by atoms with Gasteiger partial charge in [0.1, 0.15) is 11.2 Å². The molecule has 5 heteroatoms. The molecule has 0 radical (unpaired) electrons. The van der Waals surface area contributed by atoms with E-state index >= 15 is 0 Å². The summed E-state index contributed by atoms with van der Waals surface area (Å²) >= 11 is 0. The molecule has 3 rings (SSSR count). The molecule has 1 aromatic rings. The smallest absolute Gasteiger partial charge is 0.410 e. The lowest BCUT2D eigenvalue weighted by atomic mass is 9.57. The van der Waals surface area contributed by atoms with Crippen molar-refractivity contribution in [3.63, 3.8) is 0 Å². The molecule has 1 aliphatic carbocycles. The maximum Gasteiger partial charge on any atom is 0.410 e. The van der Waals surface area contributed by atoms with Gasteiger partial charge in [-0.3, -0.25) is 4.79 Å². The van der Waals surface area contributed by atoms with Crippen LogP contribution in [0.2, 0.25) is 0 Å². The summed E-state index contributed by atoms with van der Waals surface area (Å²) in [6.45, 7) is 12.0. The van der Waals surface area contributed by atoms with Gasteiger partial charge in [-0.15, -0.1) is 0 Å². The minimum Gasteiger partial charge on any atom is -0.459 e. The maximum absolute atomic E-state index is 13.8. The Labute approximate surface area is 181 Å². The van der Waals surface area contributed by atoms with Crippen LogP contribution in [0.5, 0.6) is 0 Å². The van der Waals surface area contributed by atoms with E-state index < -0.39 is 16.6 Å². The highest BCUT2D eigenvalue weighted by molar-refractivity contribution is 5.82. The Morgan fingerprint density at radius 1 is 0.933 bits per heavy atom. The topological polar surface area (TPSA) is 55.8 Å². The first kappa shape index (κ1) is 22.6. The zero-order valence-corrected chi connectivity index (χ0v) is 19.4. The normalized spacial score (nSPS) is 27.2. The molecule has 1 aromatic carbocycles. The highest BCUT2D eigenvalue weighted by Crippen LogP contribution is 2.55. The summed E-state index contributed by atoms with van der Waals surface area (Å²) in [6, 6.07) is 10.0. The van der Waals surface area contributed by atoms with Gasteiger partial charge in [0.25, 0.3) is 0 Å². The number of fused-ring (bicyclic) bond motifs is 1. The first-order valence-corrected chi connectivity index (χ1v) is 11.2. The van der Waals surface area contributed by atoms with Crippen LogP contribution >= 0.6 is 0 Å². The van der Waals surface area contributed by atoms with Crippen molar-refractivity contribution >= 4 is 12.1 Å². The van der Waals surface area contributed by atoms with E-state index in [1.165, 1.54) is 0 Å². The summed E-state index contributed by atoms with van der Waals surface area (Å²) in [5.74, 6) is -0.153. The number of esters is 1. The van der Waals surface area contributed by atoms with Crippen LogP contribution in [0.1, 0.15) is 85.1 Å². The fourth-order valence-corrected chi connectivity index (χ4v) is 5.18. The summed E-state index contributed by atoms with van der Waals surface area (Å²) in [5, 5.41) is 0. The van der Waals surface area contributed by atoms with Gasteiger partial charge >= 0.3 is 12.1 Å². The highest BCUT2D eigenvalue weighted by atomic mass is 16.6. The monoisotopic (exact) mass is 415 g/mol. The van der Waals surface area contributed by atoms with Crippen molar-refractivity contribution in [1.82, 2.24) is 4.90 Å². The molecule has 1 saturated carbocycles. The standard InChI is InChI=1S/C25H37NO4/c1-23(2,3)29-21(27)25-16-11-17-26(22(28)30-24(4,5)6)20(25)15-10-14-19(25)18-12-8-7-9-13-18/h7-9,12-13,19-20H,10-11,14-17H2,1-6H3/t19-,20+,25-/m0/s1. The van der Waals surface area contributed by atoms with E-state index in [0.29, 0.717) is 6.54 Å². The lowest BCUT2D eigenvalue weighted by Crippen LogP contribution is -2.63. The van der Waals surface area contributed by atoms with Crippen LogP contribution in [-0.4, -0.2) is 40.8 Å². The minimum absolute atomic E-state index is 0.0255. The van der Waals surface area contributed by atoms with Gasteiger partial charge in [0.05, 0.1) is 11.5 Å². The second-order valence-electron chi connectivity index (χ2n) is 10.7. The van der Waals surface area contributed by atoms with Crippen molar-refractivity contribution in [1.29, 1.82) is 0 Å². The number of nitrogens with zero attached hydrogens (tertiary/aromatic N) is 1. The van der Waals surface area contributed by atoms with Gasteiger partial charge in [0, 0.05) is 12.5 Å². The van der Waals surface area contributed by atoms with Crippen molar-refractivity contribution in [3.05, 3.63) is 35.9 Å². The Balaban J connectivity index is 2.05. The van der Waals surface area contributed by atoms with E-state index in [0.717, 1.165) is 37.7 Å². The van der Waals surface area contributed by atoms with E-state index in [1.54, 1.807) is 0 Å². The fraction of sp³-hybridized carbons (Fsp3) is 0.680. The van der Waals surface area contributed by atoms with Crippen LogP contribution in [0.4, 0.5) is 4.79 Å².